The molecule has 2 N–H and O–H groups in total. The van der Waals surface area contributed by atoms with E-state index in [0.717, 1.165) is 42.5 Å². The lowest BCUT2D eigenvalue weighted by atomic mass is 9.72. The summed E-state index contributed by atoms with van der Waals surface area (Å²) in [4.78, 5) is 91.3. The van der Waals surface area contributed by atoms with Gasteiger partial charge in [0.15, 0.2) is 5.41 Å². The third-order valence-corrected chi connectivity index (χ3v) is 12.7. The second-order valence-corrected chi connectivity index (χ2v) is 16.8. The summed E-state index contributed by atoms with van der Waals surface area (Å²) in [6, 6.07) is 14.8. The highest BCUT2D eigenvalue weighted by molar-refractivity contribution is 6.35. The van der Waals surface area contributed by atoms with Gasteiger partial charge in [0.1, 0.15) is 0 Å². The van der Waals surface area contributed by atoms with Crippen molar-refractivity contribution in [1.82, 2.24) is 0 Å². The average Bonchev–Trinajstić information content (AvgIpc) is 3.84. The van der Waals surface area contributed by atoms with Crippen LogP contribution in [0.2, 0.25) is 0 Å². The Morgan fingerprint density at radius 1 is 0.493 bits per heavy atom. The standard InChI is InChI=1S/C50H26F11N3O9/c1-22-2-13-32-35(16-22)40(67)63(38(32)65)30-11-5-25(6-12-30)47(49(56,57)58,50(59,60)61)24-3-9-28(10-4-24)62-29-17-23(42(69)70)18-31(21-29)64-39(66)33-14-7-26(19-36(33)41(64)68)46(45(51)52,48(53,54)55)27-8-15-34-37(20-27)44(72)73-43(34)71/h2-21,45,62H,1H3,(H,69,70). The first-order valence-electron chi connectivity index (χ1n) is 20.9. The van der Waals surface area contributed by atoms with Crippen LogP contribution in [0.3, 0.4) is 0 Å². The molecule has 9 rings (SSSR count). The number of esters is 2. The van der Waals surface area contributed by atoms with Crippen LogP contribution >= 0.6 is 0 Å². The van der Waals surface area contributed by atoms with E-state index in [-0.39, 0.29) is 33.1 Å². The number of hydrogen-bond acceptors (Lipinski definition) is 9. The first-order chi connectivity index (χ1) is 34.1. The molecule has 73 heavy (non-hydrogen) atoms. The summed E-state index contributed by atoms with van der Waals surface area (Å²) in [6.07, 6.45) is -22.4. The van der Waals surface area contributed by atoms with Gasteiger partial charge in [-0.25, -0.2) is 33.0 Å². The lowest BCUT2D eigenvalue weighted by molar-refractivity contribution is -0.288. The van der Waals surface area contributed by atoms with Gasteiger partial charge in [0.25, 0.3) is 30.1 Å². The number of carboxylic acid groups (broad SMARTS) is 1. The zero-order valence-corrected chi connectivity index (χ0v) is 36.4. The van der Waals surface area contributed by atoms with Gasteiger partial charge in [-0.15, -0.1) is 0 Å². The van der Waals surface area contributed by atoms with Crippen LogP contribution in [0.4, 0.5) is 71.0 Å². The summed E-state index contributed by atoms with van der Waals surface area (Å²) in [5.74, 6) is -8.84. The van der Waals surface area contributed by atoms with Gasteiger partial charge >= 0.3 is 36.4 Å². The third kappa shape index (κ3) is 7.38. The molecular weight excluding hydrogens is 996 g/mol. The summed E-state index contributed by atoms with van der Waals surface area (Å²) < 4.78 is 171. The predicted molar refractivity (Wildman–Crippen MR) is 231 cm³/mol. The molecule has 6 aromatic carbocycles. The zero-order valence-electron chi connectivity index (χ0n) is 36.4. The highest BCUT2D eigenvalue weighted by Crippen LogP contribution is 2.57. The fourth-order valence-corrected chi connectivity index (χ4v) is 9.26. The van der Waals surface area contributed by atoms with Crippen molar-refractivity contribution in [2.75, 3.05) is 15.1 Å². The van der Waals surface area contributed by atoms with Gasteiger partial charge in [-0.1, -0.05) is 48.0 Å². The molecule has 0 spiro atoms. The van der Waals surface area contributed by atoms with Crippen molar-refractivity contribution in [3.05, 3.63) is 188 Å². The number of nitrogens with zero attached hydrogens (tertiary/aromatic N) is 2. The maximum Gasteiger partial charge on any atom is 0.411 e. The Morgan fingerprint density at radius 2 is 0.945 bits per heavy atom. The summed E-state index contributed by atoms with van der Waals surface area (Å²) in [6.45, 7) is 1.63. The number of imide groups is 2. The molecule has 1 unspecified atom stereocenters. The Kier molecular flexibility index (Phi) is 11.2. The molecule has 23 heteroatoms. The SMILES string of the molecule is Cc1ccc2c(c1)C(=O)N(c1ccc(C(c3ccc(Nc4cc(C(=O)O)cc(N5C(=O)c6ccc(C(c7ccc8c(c7)C(=O)OC8=O)(C(F)F)C(F)(F)F)cc6C5=O)c4)cc3)(C(F)(F)F)C(F)(F)F)cc1)C2=O. The summed E-state index contributed by atoms with van der Waals surface area (Å²) >= 11 is 0. The number of aryl methyl sites for hydroxylation is 1. The number of aromatic carboxylic acids is 1. The van der Waals surface area contributed by atoms with Gasteiger partial charge in [0.05, 0.1) is 50.3 Å². The molecule has 4 amide bonds. The lowest BCUT2D eigenvalue weighted by Gasteiger charge is -2.38. The number of halogens is 11. The minimum atomic E-state index is -6.10. The van der Waals surface area contributed by atoms with Crippen LogP contribution in [0.1, 0.15) is 100 Å². The number of fused-ring (bicyclic) bond motifs is 3. The van der Waals surface area contributed by atoms with E-state index in [1.165, 1.54) is 18.2 Å². The summed E-state index contributed by atoms with van der Waals surface area (Å²) in [5.41, 5.74) is -18.8. The average molecular weight is 1020 g/mol. The van der Waals surface area contributed by atoms with Crippen molar-refractivity contribution >= 4 is 64.3 Å². The summed E-state index contributed by atoms with van der Waals surface area (Å²) in [5, 5.41) is 12.5. The van der Waals surface area contributed by atoms with Crippen molar-refractivity contribution in [3.8, 4) is 0 Å². The number of benzene rings is 6. The largest absolute Gasteiger partial charge is 0.478 e. The van der Waals surface area contributed by atoms with Crippen molar-refractivity contribution in [2.24, 2.45) is 0 Å². The molecule has 3 aliphatic heterocycles. The Labute approximate surface area is 401 Å². The van der Waals surface area contributed by atoms with Crippen LogP contribution in [0.5, 0.6) is 0 Å². The zero-order chi connectivity index (χ0) is 53.1. The third-order valence-electron chi connectivity index (χ3n) is 12.7. The number of alkyl halides is 11. The number of carbonyl (C=O) groups excluding carboxylic acids is 6. The van der Waals surface area contributed by atoms with Gasteiger partial charge in [0.2, 0.25) is 5.41 Å². The van der Waals surface area contributed by atoms with Crippen LogP contribution in [0, 0.1) is 6.92 Å². The molecular formula is C50H26F11N3O9. The van der Waals surface area contributed by atoms with Gasteiger partial charge < -0.3 is 15.2 Å². The van der Waals surface area contributed by atoms with Gasteiger partial charge in [-0.3, -0.25) is 19.2 Å². The van der Waals surface area contributed by atoms with Gasteiger partial charge in [-0.2, -0.15) is 39.5 Å². The first-order valence-corrected chi connectivity index (χ1v) is 20.9. The number of nitrogens with one attached hydrogen (secondary N) is 1. The van der Waals surface area contributed by atoms with E-state index in [1.54, 1.807) is 6.92 Å². The molecule has 6 aromatic rings. The van der Waals surface area contributed by atoms with Crippen LogP contribution < -0.4 is 15.1 Å². The number of anilines is 4. The van der Waals surface area contributed by atoms with Crippen molar-refractivity contribution in [2.45, 2.75) is 42.7 Å². The van der Waals surface area contributed by atoms with E-state index in [1.807, 2.05) is 0 Å². The molecule has 0 saturated heterocycles. The number of carbonyl (C=O) groups is 7. The number of carboxylic acids is 1. The Balaban J connectivity index is 1.04. The number of rotatable bonds is 10. The highest BCUT2D eigenvalue weighted by atomic mass is 19.4. The minimum absolute atomic E-state index is 0.0219. The topological polar surface area (TPSA) is 167 Å². The minimum Gasteiger partial charge on any atom is -0.478 e. The summed E-state index contributed by atoms with van der Waals surface area (Å²) in [7, 11) is 0. The van der Waals surface area contributed by atoms with E-state index in [4.69, 9.17) is 0 Å². The number of cyclic esters (lactones) is 2. The molecule has 3 aliphatic rings. The number of hydrogen-bond donors (Lipinski definition) is 2. The lowest BCUT2D eigenvalue weighted by Crippen LogP contribution is -2.54. The van der Waals surface area contributed by atoms with Crippen LogP contribution in [0.15, 0.2) is 121 Å². The van der Waals surface area contributed by atoms with E-state index in [9.17, 15) is 38.7 Å². The van der Waals surface area contributed by atoms with Crippen LogP contribution in [0.25, 0.3) is 0 Å². The molecule has 0 fully saturated rings. The van der Waals surface area contributed by atoms with Gasteiger partial charge in [0, 0.05) is 11.4 Å². The predicted octanol–water partition coefficient (Wildman–Crippen LogP) is 10.9. The van der Waals surface area contributed by atoms with E-state index < -0.39 is 133 Å². The highest BCUT2D eigenvalue weighted by Gasteiger charge is 2.72. The number of amides is 4. The monoisotopic (exact) mass is 1020 g/mol. The second-order valence-electron chi connectivity index (χ2n) is 16.8. The van der Waals surface area contributed by atoms with Gasteiger partial charge in [-0.05, 0) is 108 Å². The fraction of sp³-hybridized carbons (Fsp3) is 0.140. The molecule has 3 heterocycles. The first kappa shape index (κ1) is 49.2. The normalized spacial score (nSPS) is 15.7. The Hall–Kier alpha value is -8.76. The number of ether oxygens (including phenoxy) is 1. The Bertz CT molecular complexity index is 3410. The fourth-order valence-electron chi connectivity index (χ4n) is 9.26. The quantitative estimate of drug-likeness (QED) is 0.0583. The smallest absolute Gasteiger partial charge is 0.411 e. The molecule has 0 saturated carbocycles. The molecule has 12 nitrogen and oxygen atoms in total. The van der Waals surface area contributed by atoms with Crippen LogP contribution in [-0.2, 0) is 15.6 Å². The van der Waals surface area contributed by atoms with E-state index in [2.05, 4.69) is 10.1 Å². The molecule has 0 bridgehead atoms. The van der Waals surface area contributed by atoms with Crippen LogP contribution in [-0.4, -0.2) is 71.6 Å². The molecule has 0 aliphatic carbocycles. The molecule has 0 aromatic heterocycles. The van der Waals surface area contributed by atoms with E-state index in [0.29, 0.717) is 71.1 Å². The van der Waals surface area contributed by atoms with E-state index >= 15 is 48.3 Å². The van der Waals surface area contributed by atoms with Crippen molar-refractivity contribution in [3.63, 3.8) is 0 Å². The Morgan fingerprint density at radius 3 is 1.47 bits per heavy atom. The molecule has 1 atom stereocenters. The molecule has 0 radical (unpaired) electrons. The molecule has 372 valence electrons. The maximum absolute atomic E-state index is 15.1. The maximum atomic E-state index is 15.1. The second kappa shape index (κ2) is 16.7. The van der Waals surface area contributed by atoms with Crippen molar-refractivity contribution < 1.29 is 91.7 Å². The van der Waals surface area contributed by atoms with Crippen molar-refractivity contribution in [1.29, 1.82) is 0 Å².